The molecule has 6 heteroatoms. The molecule has 3 aromatic rings. The molecule has 1 N–H and O–H groups in total. The van der Waals surface area contributed by atoms with E-state index in [1.54, 1.807) is 26.4 Å². The molecule has 1 atom stereocenters. The van der Waals surface area contributed by atoms with Crippen molar-refractivity contribution in [3.05, 3.63) is 64.8 Å². The van der Waals surface area contributed by atoms with E-state index in [-0.39, 0.29) is 11.7 Å². The molecular weight excluding hydrogens is 402 g/mol. The zero-order valence-corrected chi connectivity index (χ0v) is 19.3. The number of ketones is 1. The number of aromatic nitrogens is 2. The summed E-state index contributed by atoms with van der Waals surface area (Å²) in [4.78, 5) is 15.6. The first kappa shape index (κ1) is 22.1. The number of aryl methyl sites for hydroxylation is 2. The Morgan fingerprint density at radius 2 is 1.94 bits per heavy atom. The molecule has 1 fully saturated rings. The van der Waals surface area contributed by atoms with E-state index < -0.39 is 0 Å². The van der Waals surface area contributed by atoms with Crippen LogP contribution in [-0.2, 0) is 6.54 Å². The van der Waals surface area contributed by atoms with Crippen LogP contribution in [0.2, 0.25) is 0 Å². The second kappa shape index (κ2) is 9.57. The van der Waals surface area contributed by atoms with Gasteiger partial charge in [0.05, 0.1) is 26.1 Å². The first-order valence-corrected chi connectivity index (χ1v) is 11.1. The Labute approximate surface area is 189 Å². The summed E-state index contributed by atoms with van der Waals surface area (Å²) in [6.45, 7) is 6.72. The summed E-state index contributed by atoms with van der Waals surface area (Å²) in [5.41, 5.74) is 6.55. The van der Waals surface area contributed by atoms with E-state index in [1.165, 1.54) is 16.7 Å². The maximum Gasteiger partial charge on any atom is 0.167 e. The van der Waals surface area contributed by atoms with Crippen LogP contribution < -0.4 is 9.47 Å². The highest BCUT2D eigenvalue weighted by molar-refractivity contribution is 5.98. The molecule has 0 bridgehead atoms. The van der Waals surface area contributed by atoms with E-state index in [4.69, 9.17) is 9.47 Å². The van der Waals surface area contributed by atoms with E-state index in [0.29, 0.717) is 17.1 Å². The van der Waals surface area contributed by atoms with Gasteiger partial charge in [0.1, 0.15) is 0 Å². The topological polar surface area (TPSA) is 67.5 Å². The summed E-state index contributed by atoms with van der Waals surface area (Å²) in [5.74, 6) is 1.35. The third-order valence-corrected chi connectivity index (χ3v) is 6.32. The van der Waals surface area contributed by atoms with Gasteiger partial charge in [-0.25, -0.2) is 0 Å². The van der Waals surface area contributed by atoms with E-state index in [0.717, 1.165) is 43.7 Å². The fourth-order valence-corrected chi connectivity index (χ4v) is 4.55. The van der Waals surface area contributed by atoms with E-state index in [9.17, 15) is 4.79 Å². The summed E-state index contributed by atoms with van der Waals surface area (Å²) >= 11 is 0. The predicted octanol–water partition coefficient (Wildman–Crippen LogP) is 4.81. The van der Waals surface area contributed by atoms with Crippen molar-refractivity contribution in [1.82, 2.24) is 15.1 Å². The van der Waals surface area contributed by atoms with Crippen LogP contribution in [0.5, 0.6) is 11.5 Å². The summed E-state index contributed by atoms with van der Waals surface area (Å²) in [6.07, 6.45) is 3.82. The number of ether oxygens (including phenoxy) is 2. The summed E-state index contributed by atoms with van der Waals surface area (Å²) in [5, 5.41) is 7.52. The van der Waals surface area contributed by atoms with Crippen LogP contribution in [0.3, 0.4) is 0 Å². The van der Waals surface area contributed by atoms with Gasteiger partial charge in [-0.2, -0.15) is 5.10 Å². The first-order valence-electron chi connectivity index (χ1n) is 11.1. The van der Waals surface area contributed by atoms with Crippen LogP contribution in [0.25, 0.3) is 11.3 Å². The van der Waals surface area contributed by atoms with Gasteiger partial charge in [-0.3, -0.25) is 14.8 Å². The molecule has 0 aliphatic carbocycles. The number of carbonyl (C=O) groups excluding carboxylic acids is 1. The van der Waals surface area contributed by atoms with Crippen molar-refractivity contribution in [2.24, 2.45) is 5.92 Å². The van der Waals surface area contributed by atoms with Crippen molar-refractivity contribution in [3.8, 4) is 22.8 Å². The molecule has 0 amide bonds. The van der Waals surface area contributed by atoms with Crippen LogP contribution in [0.15, 0.2) is 42.6 Å². The van der Waals surface area contributed by atoms with Crippen molar-refractivity contribution in [2.45, 2.75) is 33.2 Å². The fourth-order valence-electron chi connectivity index (χ4n) is 4.55. The maximum absolute atomic E-state index is 13.2. The molecule has 2 aromatic carbocycles. The Morgan fingerprint density at radius 1 is 1.12 bits per heavy atom. The molecule has 4 rings (SSSR count). The molecular formula is C26H31N3O3. The molecule has 1 unspecified atom stereocenters. The second-order valence-corrected chi connectivity index (χ2v) is 8.60. The lowest BCUT2D eigenvalue weighted by molar-refractivity contribution is 0.0811. The second-order valence-electron chi connectivity index (χ2n) is 8.60. The van der Waals surface area contributed by atoms with Crippen LogP contribution in [0.1, 0.15) is 39.9 Å². The maximum atomic E-state index is 13.2. The molecule has 6 nitrogen and oxygen atoms in total. The molecule has 32 heavy (non-hydrogen) atoms. The normalized spacial score (nSPS) is 16.7. The zero-order chi connectivity index (χ0) is 22.7. The average Bonchev–Trinajstić information content (AvgIpc) is 3.27. The number of hydrogen-bond donors (Lipinski definition) is 1. The minimum Gasteiger partial charge on any atom is -0.493 e. The van der Waals surface area contributed by atoms with Crippen LogP contribution >= 0.6 is 0 Å². The Balaban J connectivity index is 1.50. The number of Topliss-reactive ketones (excluding diaryl/α,β-unsaturated/α-hetero) is 1. The summed E-state index contributed by atoms with van der Waals surface area (Å²) in [7, 11) is 3.19. The number of methoxy groups -OCH3 is 2. The number of H-pyrrole nitrogens is 1. The predicted molar refractivity (Wildman–Crippen MR) is 125 cm³/mol. The molecule has 0 saturated carbocycles. The highest BCUT2D eigenvalue weighted by Gasteiger charge is 2.28. The van der Waals surface area contributed by atoms with Crippen LogP contribution in [0.4, 0.5) is 0 Å². The highest BCUT2D eigenvalue weighted by atomic mass is 16.5. The van der Waals surface area contributed by atoms with E-state index >= 15 is 0 Å². The molecule has 1 aliphatic heterocycles. The van der Waals surface area contributed by atoms with E-state index in [2.05, 4.69) is 47.1 Å². The van der Waals surface area contributed by atoms with Crippen molar-refractivity contribution < 1.29 is 14.3 Å². The standard InChI is InChI=1S/C26H31N3O3/c1-17-7-8-18(2)22(12-17)25-21(14-27-28-25)16-29-11-5-6-20(15-29)26(30)19-9-10-23(31-3)24(13-19)32-4/h7-10,12-14,20H,5-6,11,15-16H2,1-4H3,(H,27,28). The number of nitrogens with one attached hydrogen (secondary N) is 1. The fraction of sp³-hybridized carbons (Fsp3) is 0.385. The number of aromatic amines is 1. The number of nitrogens with zero attached hydrogens (tertiary/aromatic N) is 2. The zero-order valence-electron chi connectivity index (χ0n) is 19.3. The minimum atomic E-state index is -0.0297. The Bertz CT molecular complexity index is 1110. The van der Waals surface area contributed by atoms with Gasteiger partial charge < -0.3 is 9.47 Å². The molecule has 2 heterocycles. The van der Waals surface area contributed by atoms with Crippen LogP contribution in [0, 0.1) is 19.8 Å². The van der Waals surface area contributed by atoms with Gasteiger partial charge in [0, 0.05) is 35.7 Å². The first-order chi connectivity index (χ1) is 15.5. The SMILES string of the molecule is COc1ccc(C(=O)C2CCCN(Cc3cn[nH]c3-c3cc(C)ccc3C)C2)cc1OC. The van der Waals surface area contributed by atoms with Gasteiger partial charge in [-0.15, -0.1) is 0 Å². The molecule has 1 aromatic heterocycles. The smallest absolute Gasteiger partial charge is 0.167 e. The number of carbonyl (C=O) groups is 1. The molecule has 0 radical (unpaired) electrons. The minimum absolute atomic E-state index is 0.0297. The number of benzene rings is 2. The number of piperidine rings is 1. The summed E-state index contributed by atoms with van der Waals surface area (Å²) in [6, 6.07) is 11.9. The van der Waals surface area contributed by atoms with Crippen LogP contribution in [-0.4, -0.2) is 48.2 Å². The quantitative estimate of drug-likeness (QED) is 0.542. The van der Waals surface area contributed by atoms with Gasteiger partial charge in [0.25, 0.3) is 0 Å². The van der Waals surface area contributed by atoms with Crippen molar-refractivity contribution in [3.63, 3.8) is 0 Å². The summed E-state index contributed by atoms with van der Waals surface area (Å²) < 4.78 is 10.7. The third-order valence-electron chi connectivity index (χ3n) is 6.32. The number of rotatable bonds is 7. The lowest BCUT2D eigenvalue weighted by Gasteiger charge is -2.32. The Morgan fingerprint density at radius 3 is 2.72 bits per heavy atom. The molecule has 0 spiro atoms. The Kier molecular flexibility index (Phi) is 6.61. The van der Waals surface area contributed by atoms with Gasteiger partial charge >= 0.3 is 0 Å². The largest absolute Gasteiger partial charge is 0.493 e. The van der Waals surface area contributed by atoms with Crippen molar-refractivity contribution in [1.29, 1.82) is 0 Å². The lowest BCUT2D eigenvalue weighted by Crippen LogP contribution is -2.38. The lowest BCUT2D eigenvalue weighted by atomic mass is 9.89. The number of likely N-dealkylation sites (tertiary alicyclic amines) is 1. The van der Waals surface area contributed by atoms with E-state index in [1.807, 2.05) is 12.3 Å². The van der Waals surface area contributed by atoms with Crippen molar-refractivity contribution in [2.75, 3.05) is 27.3 Å². The monoisotopic (exact) mass is 433 g/mol. The van der Waals surface area contributed by atoms with Gasteiger partial charge in [0.15, 0.2) is 17.3 Å². The molecule has 1 aliphatic rings. The van der Waals surface area contributed by atoms with Crippen molar-refractivity contribution >= 4 is 5.78 Å². The molecule has 1 saturated heterocycles. The Hall–Kier alpha value is -3.12. The average molecular weight is 434 g/mol. The third kappa shape index (κ3) is 4.55. The van der Waals surface area contributed by atoms with Gasteiger partial charge in [-0.05, 0) is 63.1 Å². The van der Waals surface area contributed by atoms with Gasteiger partial charge in [0.2, 0.25) is 0 Å². The molecule has 168 valence electrons. The highest BCUT2D eigenvalue weighted by Crippen LogP contribution is 2.31. The van der Waals surface area contributed by atoms with Gasteiger partial charge in [-0.1, -0.05) is 17.7 Å². The number of hydrogen-bond acceptors (Lipinski definition) is 5.